The Morgan fingerprint density at radius 2 is 1.91 bits per heavy atom. The third-order valence-corrected chi connectivity index (χ3v) is 6.72. The van der Waals surface area contributed by atoms with Gasteiger partial charge in [-0.05, 0) is 49.9 Å². The topological polar surface area (TPSA) is 79.4 Å². The second kappa shape index (κ2) is 10.3. The van der Waals surface area contributed by atoms with Gasteiger partial charge in [0.25, 0.3) is 5.91 Å². The summed E-state index contributed by atoms with van der Waals surface area (Å²) in [5.41, 5.74) is 2.71. The molecular formula is C25H35N5O2. The summed E-state index contributed by atoms with van der Waals surface area (Å²) in [6.45, 7) is 5.13. The van der Waals surface area contributed by atoms with Crippen LogP contribution in [0.3, 0.4) is 0 Å². The molecule has 0 saturated heterocycles. The van der Waals surface area contributed by atoms with Crippen LogP contribution in [0.25, 0.3) is 0 Å². The molecule has 0 spiro atoms. The lowest BCUT2D eigenvalue weighted by atomic mass is 10.1. The van der Waals surface area contributed by atoms with Crippen molar-refractivity contribution in [2.75, 3.05) is 23.9 Å². The van der Waals surface area contributed by atoms with Crippen LogP contribution in [0, 0.1) is 0 Å². The number of benzene rings is 1. The number of rotatable bonds is 9. The average Bonchev–Trinajstić information content (AvgIpc) is 3.43. The molecule has 7 heteroatoms. The maximum absolute atomic E-state index is 12.5. The van der Waals surface area contributed by atoms with Crippen LogP contribution in [0.2, 0.25) is 0 Å². The Bertz CT molecular complexity index is 907. The quantitative estimate of drug-likeness (QED) is 0.603. The highest BCUT2D eigenvalue weighted by Crippen LogP contribution is 2.34. The number of hydrogen-bond acceptors (Lipinski definition) is 6. The first-order valence-electron chi connectivity index (χ1n) is 11.9. The fraction of sp³-hybridized carbons (Fsp3) is 0.560. The number of fused-ring (bicyclic) bond motifs is 1. The summed E-state index contributed by atoms with van der Waals surface area (Å²) in [6.07, 6.45) is 9.54. The molecule has 1 fully saturated rings. The van der Waals surface area contributed by atoms with Crippen LogP contribution in [0.1, 0.15) is 68.3 Å². The maximum atomic E-state index is 12.5. The summed E-state index contributed by atoms with van der Waals surface area (Å²) in [4.78, 5) is 24.3. The second-order valence-corrected chi connectivity index (χ2v) is 8.89. The summed E-state index contributed by atoms with van der Waals surface area (Å²) >= 11 is 0. The number of nitrogens with one attached hydrogen (secondary N) is 2. The Labute approximate surface area is 191 Å². The summed E-state index contributed by atoms with van der Waals surface area (Å²) in [5.74, 6) is 1.58. The van der Waals surface area contributed by atoms with E-state index in [0.29, 0.717) is 36.2 Å². The van der Waals surface area contributed by atoms with Crippen molar-refractivity contribution in [1.29, 1.82) is 0 Å². The summed E-state index contributed by atoms with van der Waals surface area (Å²) in [7, 11) is 1.75. The van der Waals surface area contributed by atoms with Crippen LogP contribution in [-0.4, -0.2) is 47.7 Å². The zero-order valence-electron chi connectivity index (χ0n) is 19.4. The number of nitrogens with zero attached hydrogens (tertiary/aromatic N) is 3. The Kier molecular flexibility index (Phi) is 7.25. The lowest BCUT2D eigenvalue weighted by molar-refractivity contribution is 0.0938. The molecule has 7 nitrogen and oxygen atoms in total. The minimum absolute atomic E-state index is 0.00207. The third-order valence-electron chi connectivity index (χ3n) is 6.72. The first kappa shape index (κ1) is 22.5. The van der Waals surface area contributed by atoms with Crippen molar-refractivity contribution in [1.82, 2.24) is 15.3 Å². The van der Waals surface area contributed by atoms with Crippen LogP contribution < -0.4 is 15.5 Å². The van der Waals surface area contributed by atoms with Gasteiger partial charge in [0, 0.05) is 48.6 Å². The monoisotopic (exact) mass is 437 g/mol. The molecule has 32 heavy (non-hydrogen) atoms. The van der Waals surface area contributed by atoms with Gasteiger partial charge in [0.1, 0.15) is 5.82 Å². The Morgan fingerprint density at radius 1 is 1.19 bits per heavy atom. The molecule has 1 saturated carbocycles. The van der Waals surface area contributed by atoms with E-state index >= 15 is 0 Å². The van der Waals surface area contributed by atoms with E-state index in [9.17, 15) is 4.79 Å². The molecule has 2 N–H and O–H groups in total. The highest BCUT2D eigenvalue weighted by molar-refractivity contribution is 5.94. The summed E-state index contributed by atoms with van der Waals surface area (Å²) in [5, 5.41) is 6.44. The molecule has 2 aromatic rings. The van der Waals surface area contributed by atoms with Gasteiger partial charge in [0.15, 0.2) is 0 Å². The van der Waals surface area contributed by atoms with E-state index in [4.69, 9.17) is 9.72 Å². The number of carbonyl (C=O) groups excluding carboxylic acids is 1. The van der Waals surface area contributed by atoms with E-state index in [-0.39, 0.29) is 5.91 Å². The van der Waals surface area contributed by atoms with E-state index in [2.05, 4.69) is 34.4 Å². The molecule has 1 aliphatic carbocycles. The minimum Gasteiger partial charge on any atom is -0.383 e. The van der Waals surface area contributed by atoms with Gasteiger partial charge >= 0.3 is 0 Å². The molecule has 1 aromatic carbocycles. The van der Waals surface area contributed by atoms with Crippen LogP contribution in [0.4, 0.5) is 17.5 Å². The number of anilines is 3. The summed E-state index contributed by atoms with van der Waals surface area (Å²) < 4.78 is 5.49. The maximum Gasteiger partial charge on any atom is 0.251 e. The predicted molar refractivity (Wildman–Crippen MR) is 128 cm³/mol. The largest absolute Gasteiger partial charge is 0.383 e. The minimum atomic E-state index is 0.00207. The van der Waals surface area contributed by atoms with Crippen molar-refractivity contribution >= 4 is 23.4 Å². The molecule has 1 aromatic heterocycles. The third kappa shape index (κ3) is 4.88. The van der Waals surface area contributed by atoms with Crippen molar-refractivity contribution in [3.63, 3.8) is 0 Å². The smallest absolute Gasteiger partial charge is 0.251 e. The van der Waals surface area contributed by atoms with Crippen molar-refractivity contribution in [3.8, 4) is 0 Å². The zero-order chi connectivity index (χ0) is 22.5. The fourth-order valence-electron chi connectivity index (χ4n) is 5.01. The molecule has 4 rings (SSSR count). The van der Waals surface area contributed by atoms with Gasteiger partial charge in [-0.25, -0.2) is 4.98 Å². The lowest BCUT2D eigenvalue weighted by Gasteiger charge is -2.33. The number of methoxy groups -OCH3 is 1. The van der Waals surface area contributed by atoms with E-state index in [0.717, 1.165) is 43.6 Å². The van der Waals surface area contributed by atoms with Gasteiger partial charge in [-0.1, -0.05) is 26.7 Å². The van der Waals surface area contributed by atoms with Crippen molar-refractivity contribution in [3.05, 3.63) is 41.6 Å². The number of ether oxygens (including phenoxy) is 1. The zero-order valence-corrected chi connectivity index (χ0v) is 19.4. The summed E-state index contributed by atoms with van der Waals surface area (Å²) in [6, 6.07) is 8.56. The molecular weight excluding hydrogens is 402 g/mol. The molecule has 1 amide bonds. The molecule has 0 bridgehead atoms. The van der Waals surface area contributed by atoms with Gasteiger partial charge in [0.2, 0.25) is 5.95 Å². The van der Waals surface area contributed by atoms with Crippen molar-refractivity contribution in [2.24, 2.45) is 0 Å². The lowest BCUT2D eigenvalue weighted by Crippen LogP contribution is -2.43. The molecule has 0 radical (unpaired) electrons. The van der Waals surface area contributed by atoms with E-state index in [1.807, 2.05) is 30.5 Å². The highest BCUT2D eigenvalue weighted by atomic mass is 16.5. The standard InChI is InChI=1S/C25H35N5O2/c1-4-21(5-2)30-22(16-32-3)14-18-15-26-25(29-23(18)30)28-20-12-10-17(11-13-20)24(31)27-19-8-6-7-9-19/h10-13,15,19,21-22H,4-9,14,16H2,1-3H3,(H,27,31)(H,26,28,29). The van der Waals surface area contributed by atoms with Crippen LogP contribution >= 0.6 is 0 Å². The van der Waals surface area contributed by atoms with Crippen LogP contribution in [0.5, 0.6) is 0 Å². The van der Waals surface area contributed by atoms with Crippen molar-refractivity contribution < 1.29 is 9.53 Å². The van der Waals surface area contributed by atoms with Crippen LogP contribution in [-0.2, 0) is 11.2 Å². The van der Waals surface area contributed by atoms with Crippen molar-refractivity contribution in [2.45, 2.75) is 76.9 Å². The van der Waals surface area contributed by atoms with Gasteiger partial charge in [-0.15, -0.1) is 0 Å². The first-order valence-corrected chi connectivity index (χ1v) is 11.9. The van der Waals surface area contributed by atoms with Crippen LogP contribution in [0.15, 0.2) is 30.5 Å². The van der Waals surface area contributed by atoms with Gasteiger partial charge < -0.3 is 20.3 Å². The first-order chi connectivity index (χ1) is 15.6. The Balaban J connectivity index is 1.47. The Morgan fingerprint density at radius 3 is 2.56 bits per heavy atom. The van der Waals surface area contributed by atoms with Gasteiger partial charge in [0.05, 0.1) is 12.6 Å². The number of hydrogen-bond donors (Lipinski definition) is 2. The molecule has 172 valence electrons. The van der Waals surface area contributed by atoms with E-state index in [1.165, 1.54) is 18.4 Å². The molecule has 1 unspecified atom stereocenters. The molecule has 1 aliphatic heterocycles. The highest BCUT2D eigenvalue weighted by Gasteiger charge is 2.34. The Hall–Kier alpha value is -2.67. The average molecular weight is 438 g/mol. The van der Waals surface area contributed by atoms with E-state index < -0.39 is 0 Å². The predicted octanol–water partition coefficient (Wildman–Crippen LogP) is 4.46. The fourth-order valence-corrected chi connectivity index (χ4v) is 5.01. The van der Waals surface area contributed by atoms with Gasteiger partial charge in [-0.2, -0.15) is 4.98 Å². The number of amides is 1. The molecule has 1 atom stereocenters. The number of aromatic nitrogens is 2. The number of carbonyl (C=O) groups is 1. The molecule has 2 aliphatic rings. The molecule has 2 heterocycles. The SMILES string of the molecule is CCC(CC)N1c2nc(Nc3ccc(C(=O)NC4CCCC4)cc3)ncc2CC1COC. The second-order valence-electron chi connectivity index (χ2n) is 8.89. The normalized spacial score (nSPS) is 18.2. The van der Waals surface area contributed by atoms with E-state index in [1.54, 1.807) is 7.11 Å². The van der Waals surface area contributed by atoms with Gasteiger partial charge in [-0.3, -0.25) is 4.79 Å².